The molecule has 2 unspecified atom stereocenters. The molecule has 24 heavy (non-hydrogen) atoms. The van der Waals surface area contributed by atoms with Crippen LogP contribution in [-0.4, -0.2) is 38.2 Å². The summed E-state index contributed by atoms with van der Waals surface area (Å²) in [7, 11) is 0. The largest absolute Gasteiger partial charge is 0.467 e. The van der Waals surface area contributed by atoms with Gasteiger partial charge in [-0.1, -0.05) is 0 Å². The van der Waals surface area contributed by atoms with Gasteiger partial charge in [0.05, 0.1) is 19.3 Å². The van der Waals surface area contributed by atoms with Crippen LogP contribution in [0.25, 0.3) is 0 Å². The van der Waals surface area contributed by atoms with Crippen LogP contribution in [0.5, 0.6) is 5.75 Å². The van der Waals surface area contributed by atoms with Crippen LogP contribution in [0.3, 0.4) is 0 Å². The van der Waals surface area contributed by atoms with Gasteiger partial charge in [-0.2, -0.15) is 0 Å². The summed E-state index contributed by atoms with van der Waals surface area (Å²) in [6, 6.07) is 2.66. The zero-order valence-electron chi connectivity index (χ0n) is 13.6. The van der Waals surface area contributed by atoms with Crippen molar-refractivity contribution in [3.63, 3.8) is 0 Å². The molecular formula is C17H21FO6. The molecule has 0 aromatic heterocycles. The number of hydrogen-bond acceptors (Lipinski definition) is 6. The van der Waals surface area contributed by atoms with Crippen LogP contribution in [0.15, 0.2) is 12.1 Å². The van der Waals surface area contributed by atoms with Crippen LogP contribution >= 0.6 is 0 Å². The second-order valence-corrected chi connectivity index (χ2v) is 5.88. The van der Waals surface area contributed by atoms with Gasteiger partial charge in [0, 0.05) is 17.7 Å². The third-order valence-corrected chi connectivity index (χ3v) is 4.01. The van der Waals surface area contributed by atoms with Crippen molar-refractivity contribution >= 4 is 5.97 Å². The second-order valence-electron chi connectivity index (χ2n) is 5.88. The van der Waals surface area contributed by atoms with E-state index in [1.54, 1.807) is 6.92 Å². The van der Waals surface area contributed by atoms with Crippen LogP contribution in [0.2, 0.25) is 0 Å². The van der Waals surface area contributed by atoms with Gasteiger partial charge in [-0.25, -0.2) is 9.18 Å². The lowest BCUT2D eigenvalue weighted by Gasteiger charge is -2.21. The SMILES string of the molecule is CC(OCC1CCCO1)C(=O)OCc1cc(F)cc2c1OCOC2. The summed E-state index contributed by atoms with van der Waals surface area (Å²) in [6.45, 7) is 3.03. The minimum atomic E-state index is -0.706. The molecule has 7 heteroatoms. The molecule has 0 N–H and O–H groups in total. The maximum absolute atomic E-state index is 13.6. The predicted molar refractivity (Wildman–Crippen MR) is 80.9 cm³/mol. The fourth-order valence-corrected chi connectivity index (χ4v) is 2.73. The van der Waals surface area contributed by atoms with E-state index in [4.69, 9.17) is 23.7 Å². The summed E-state index contributed by atoms with van der Waals surface area (Å²) >= 11 is 0. The van der Waals surface area contributed by atoms with Gasteiger partial charge in [0.15, 0.2) is 12.9 Å². The van der Waals surface area contributed by atoms with Gasteiger partial charge in [0.25, 0.3) is 0 Å². The first-order valence-electron chi connectivity index (χ1n) is 8.05. The zero-order valence-corrected chi connectivity index (χ0v) is 13.6. The van der Waals surface area contributed by atoms with Crippen molar-refractivity contribution in [3.8, 4) is 5.75 Å². The lowest BCUT2D eigenvalue weighted by atomic mass is 10.1. The van der Waals surface area contributed by atoms with E-state index in [-0.39, 0.29) is 26.1 Å². The number of esters is 1. The number of fused-ring (bicyclic) bond motifs is 1. The van der Waals surface area contributed by atoms with Gasteiger partial charge >= 0.3 is 5.97 Å². The highest BCUT2D eigenvalue weighted by molar-refractivity contribution is 5.74. The Hall–Kier alpha value is -1.70. The number of benzene rings is 1. The molecule has 2 atom stereocenters. The molecule has 132 valence electrons. The summed E-state index contributed by atoms with van der Waals surface area (Å²) < 4.78 is 40.3. The number of hydrogen-bond donors (Lipinski definition) is 0. The van der Waals surface area contributed by atoms with E-state index in [1.807, 2.05) is 0 Å². The molecular weight excluding hydrogens is 319 g/mol. The predicted octanol–water partition coefficient (Wildman–Crippen LogP) is 2.32. The Bertz CT molecular complexity index is 585. The van der Waals surface area contributed by atoms with E-state index in [9.17, 15) is 9.18 Å². The highest BCUT2D eigenvalue weighted by Crippen LogP contribution is 2.30. The molecule has 2 heterocycles. The smallest absolute Gasteiger partial charge is 0.335 e. The van der Waals surface area contributed by atoms with Crippen molar-refractivity contribution in [3.05, 3.63) is 29.1 Å². The monoisotopic (exact) mass is 340 g/mol. The van der Waals surface area contributed by atoms with Crippen molar-refractivity contribution in [2.45, 2.75) is 45.2 Å². The number of halogens is 1. The molecule has 0 spiro atoms. The summed E-state index contributed by atoms with van der Waals surface area (Å²) in [5.41, 5.74) is 1.09. The summed E-state index contributed by atoms with van der Waals surface area (Å²) in [6.07, 6.45) is 1.30. The molecule has 1 fully saturated rings. The lowest BCUT2D eigenvalue weighted by molar-refractivity contribution is -0.159. The van der Waals surface area contributed by atoms with E-state index < -0.39 is 17.9 Å². The molecule has 0 radical (unpaired) electrons. The van der Waals surface area contributed by atoms with Crippen molar-refractivity contribution in [2.75, 3.05) is 20.0 Å². The molecule has 2 aliphatic heterocycles. The van der Waals surface area contributed by atoms with Crippen LogP contribution in [0.1, 0.15) is 30.9 Å². The molecule has 6 nitrogen and oxygen atoms in total. The van der Waals surface area contributed by atoms with Crippen LogP contribution in [0, 0.1) is 5.82 Å². The maximum atomic E-state index is 13.6. The molecule has 0 bridgehead atoms. The third kappa shape index (κ3) is 4.23. The normalized spacial score (nSPS) is 21.0. The van der Waals surface area contributed by atoms with E-state index in [1.165, 1.54) is 12.1 Å². The Morgan fingerprint density at radius 2 is 2.33 bits per heavy atom. The van der Waals surface area contributed by atoms with E-state index in [0.717, 1.165) is 19.4 Å². The maximum Gasteiger partial charge on any atom is 0.335 e. The lowest BCUT2D eigenvalue weighted by Crippen LogP contribution is -2.27. The number of rotatable bonds is 6. The number of carbonyl (C=O) groups is 1. The Balaban J connectivity index is 1.53. The van der Waals surface area contributed by atoms with E-state index in [2.05, 4.69) is 0 Å². The average molecular weight is 340 g/mol. The van der Waals surface area contributed by atoms with Crippen LogP contribution < -0.4 is 4.74 Å². The van der Waals surface area contributed by atoms with Gasteiger partial charge < -0.3 is 23.7 Å². The third-order valence-electron chi connectivity index (χ3n) is 4.01. The quantitative estimate of drug-likeness (QED) is 0.741. The van der Waals surface area contributed by atoms with Crippen molar-refractivity contribution < 1.29 is 32.9 Å². The van der Waals surface area contributed by atoms with Gasteiger partial charge in [0.1, 0.15) is 18.2 Å². The van der Waals surface area contributed by atoms with Crippen molar-refractivity contribution in [1.29, 1.82) is 0 Å². The highest BCUT2D eigenvalue weighted by Gasteiger charge is 2.22. The molecule has 0 aliphatic carbocycles. The number of ether oxygens (including phenoxy) is 5. The standard InChI is InChI=1S/C17H21FO6/c1-11(22-9-15-3-2-4-21-15)17(19)23-8-13-6-14(18)5-12-7-20-10-24-16(12)13/h5-6,11,15H,2-4,7-10H2,1H3. The van der Waals surface area contributed by atoms with Crippen LogP contribution in [0.4, 0.5) is 4.39 Å². The summed E-state index contributed by atoms with van der Waals surface area (Å²) in [5, 5.41) is 0. The number of carbonyl (C=O) groups excluding carboxylic acids is 1. The Labute approximate surface area is 139 Å². The molecule has 2 aliphatic rings. The first-order valence-corrected chi connectivity index (χ1v) is 8.05. The first-order chi connectivity index (χ1) is 11.6. The fourth-order valence-electron chi connectivity index (χ4n) is 2.73. The van der Waals surface area contributed by atoms with Crippen molar-refractivity contribution in [1.82, 2.24) is 0 Å². The van der Waals surface area contributed by atoms with E-state index >= 15 is 0 Å². The van der Waals surface area contributed by atoms with E-state index in [0.29, 0.717) is 23.5 Å². The Morgan fingerprint density at radius 3 is 3.12 bits per heavy atom. The molecule has 3 rings (SSSR count). The molecule has 1 aromatic rings. The van der Waals surface area contributed by atoms with Crippen LogP contribution in [-0.2, 0) is 37.0 Å². The fraction of sp³-hybridized carbons (Fsp3) is 0.588. The van der Waals surface area contributed by atoms with Crippen molar-refractivity contribution in [2.24, 2.45) is 0 Å². The molecule has 1 aromatic carbocycles. The topological polar surface area (TPSA) is 63.2 Å². The Morgan fingerprint density at radius 1 is 1.46 bits per heavy atom. The molecule has 0 saturated carbocycles. The van der Waals surface area contributed by atoms with Gasteiger partial charge in [-0.15, -0.1) is 0 Å². The summed E-state index contributed by atoms with van der Waals surface area (Å²) in [4.78, 5) is 12.0. The van der Waals surface area contributed by atoms with Gasteiger partial charge in [-0.3, -0.25) is 0 Å². The molecule has 0 amide bonds. The summed E-state index contributed by atoms with van der Waals surface area (Å²) in [5.74, 6) is -0.405. The first kappa shape index (κ1) is 17.1. The Kier molecular flexibility index (Phi) is 5.65. The highest BCUT2D eigenvalue weighted by atomic mass is 19.1. The zero-order chi connectivity index (χ0) is 16.9. The second kappa shape index (κ2) is 7.92. The minimum absolute atomic E-state index is 0.0453. The van der Waals surface area contributed by atoms with Gasteiger partial charge in [-0.05, 0) is 31.9 Å². The average Bonchev–Trinajstić information content (AvgIpc) is 3.10. The minimum Gasteiger partial charge on any atom is -0.467 e. The molecule has 1 saturated heterocycles. The van der Waals surface area contributed by atoms with Gasteiger partial charge in [0.2, 0.25) is 0 Å².